The molecule has 0 aliphatic carbocycles. The molecule has 4 heteroatoms. The van der Waals surface area contributed by atoms with Gasteiger partial charge in [0.05, 0.1) is 6.61 Å². The van der Waals surface area contributed by atoms with Gasteiger partial charge in [0.15, 0.2) is 0 Å². The van der Waals surface area contributed by atoms with Gasteiger partial charge in [-0.15, -0.1) is 10.1 Å². The third-order valence-electron chi connectivity index (χ3n) is 2.26. The van der Waals surface area contributed by atoms with Crippen LogP contribution in [0.1, 0.15) is 52.4 Å². The van der Waals surface area contributed by atoms with Crippen molar-refractivity contribution in [1.82, 2.24) is 0 Å². The van der Waals surface area contributed by atoms with E-state index in [-0.39, 0.29) is 6.61 Å². The zero-order chi connectivity index (χ0) is 10.8. The third-order valence-corrected chi connectivity index (χ3v) is 2.26. The van der Waals surface area contributed by atoms with Crippen molar-refractivity contribution in [3.8, 4) is 0 Å². The van der Waals surface area contributed by atoms with Crippen LogP contribution in [-0.2, 0) is 4.84 Å². The van der Waals surface area contributed by atoms with E-state index in [0.717, 1.165) is 12.8 Å². The molecule has 1 atom stereocenters. The molecule has 0 fully saturated rings. The van der Waals surface area contributed by atoms with Crippen molar-refractivity contribution in [2.75, 3.05) is 6.61 Å². The van der Waals surface area contributed by atoms with Crippen LogP contribution in [0.25, 0.3) is 0 Å². The van der Waals surface area contributed by atoms with Crippen LogP contribution in [0.5, 0.6) is 0 Å². The summed E-state index contributed by atoms with van der Waals surface area (Å²) >= 11 is 0. The molecule has 0 saturated heterocycles. The SMILES string of the molecule is CCCCCCCC(C)CO[N+](=O)[O-]. The lowest BCUT2D eigenvalue weighted by atomic mass is 10.0. The normalized spacial score (nSPS) is 12.4. The fourth-order valence-corrected chi connectivity index (χ4v) is 1.37. The van der Waals surface area contributed by atoms with Gasteiger partial charge in [0.2, 0.25) is 0 Å². The van der Waals surface area contributed by atoms with E-state index >= 15 is 0 Å². The lowest BCUT2D eigenvalue weighted by Gasteiger charge is -2.08. The van der Waals surface area contributed by atoms with Gasteiger partial charge in [-0.25, -0.2) is 0 Å². The summed E-state index contributed by atoms with van der Waals surface area (Å²) in [6.45, 7) is 4.41. The Morgan fingerprint density at radius 3 is 2.50 bits per heavy atom. The third kappa shape index (κ3) is 9.29. The molecule has 0 rings (SSSR count). The highest BCUT2D eigenvalue weighted by atomic mass is 16.9. The van der Waals surface area contributed by atoms with Gasteiger partial charge < -0.3 is 4.84 Å². The minimum Gasteiger partial charge on any atom is -0.314 e. The minimum absolute atomic E-state index is 0.237. The lowest BCUT2D eigenvalue weighted by Crippen LogP contribution is -2.10. The maximum atomic E-state index is 9.90. The van der Waals surface area contributed by atoms with Gasteiger partial charge in [0.1, 0.15) is 0 Å². The van der Waals surface area contributed by atoms with E-state index in [0.29, 0.717) is 5.92 Å². The van der Waals surface area contributed by atoms with Crippen molar-refractivity contribution in [3.05, 3.63) is 10.1 Å². The van der Waals surface area contributed by atoms with Gasteiger partial charge in [-0.05, 0) is 12.3 Å². The summed E-state index contributed by atoms with van der Waals surface area (Å²) in [5, 5.41) is 9.19. The highest BCUT2D eigenvalue weighted by molar-refractivity contribution is 4.51. The summed E-state index contributed by atoms with van der Waals surface area (Å²) < 4.78 is 0. The number of nitrogens with zero attached hydrogens (tertiary/aromatic N) is 1. The monoisotopic (exact) mass is 203 g/mol. The molecular formula is C10H21NO3. The van der Waals surface area contributed by atoms with Crippen molar-refractivity contribution in [2.45, 2.75) is 52.4 Å². The molecule has 0 aromatic rings. The number of hydrogen-bond acceptors (Lipinski definition) is 3. The van der Waals surface area contributed by atoms with Crippen LogP contribution in [-0.4, -0.2) is 11.7 Å². The molecule has 0 aromatic carbocycles. The van der Waals surface area contributed by atoms with Crippen molar-refractivity contribution in [1.29, 1.82) is 0 Å². The summed E-state index contributed by atoms with van der Waals surface area (Å²) in [7, 11) is 0. The van der Waals surface area contributed by atoms with E-state index in [1.807, 2.05) is 6.92 Å². The Kier molecular flexibility index (Phi) is 8.28. The largest absolute Gasteiger partial charge is 0.314 e. The van der Waals surface area contributed by atoms with E-state index in [4.69, 9.17) is 0 Å². The average Bonchev–Trinajstić information content (AvgIpc) is 2.14. The van der Waals surface area contributed by atoms with Gasteiger partial charge in [-0.2, -0.15) is 0 Å². The van der Waals surface area contributed by atoms with Crippen LogP contribution in [0, 0.1) is 16.0 Å². The van der Waals surface area contributed by atoms with Crippen molar-refractivity contribution >= 4 is 0 Å². The van der Waals surface area contributed by atoms with Gasteiger partial charge in [-0.3, -0.25) is 0 Å². The Bertz CT molecular complexity index is 150. The van der Waals surface area contributed by atoms with Gasteiger partial charge in [0.25, 0.3) is 5.09 Å². The number of unbranched alkanes of at least 4 members (excludes halogenated alkanes) is 4. The van der Waals surface area contributed by atoms with Gasteiger partial charge in [0, 0.05) is 0 Å². The molecule has 0 spiro atoms. The van der Waals surface area contributed by atoms with E-state index in [1.54, 1.807) is 0 Å². The Labute approximate surface area is 85.7 Å². The molecule has 0 radical (unpaired) electrons. The molecule has 14 heavy (non-hydrogen) atoms. The molecule has 84 valence electrons. The molecule has 0 aliphatic heterocycles. The molecule has 0 N–H and O–H groups in total. The maximum absolute atomic E-state index is 9.90. The molecular weight excluding hydrogens is 182 g/mol. The standard InChI is InChI=1S/C10H21NO3/c1-3-4-5-6-7-8-10(2)9-14-11(12)13/h10H,3-9H2,1-2H3. The molecule has 0 amide bonds. The second-order valence-corrected chi connectivity index (χ2v) is 3.83. The van der Waals surface area contributed by atoms with E-state index in [1.165, 1.54) is 25.7 Å². The zero-order valence-corrected chi connectivity index (χ0v) is 9.20. The summed E-state index contributed by atoms with van der Waals surface area (Å²) in [5.74, 6) is 0.294. The highest BCUT2D eigenvalue weighted by Gasteiger charge is 2.04. The Balaban J connectivity index is 3.18. The Hall–Kier alpha value is -0.800. The molecule has 4 nitrogen and oxygen atoms in total. The van der Waals surface area contributed by atoms with Gasteiger partial charge >= 0.3 is 0 Å². The number of hydrogen-bond donors (Lipinski definition) is 0. The fraction of sp³-hybridized carbons (Fsp3) is 1.00. The van der Waals surface area contributed by atoms with Crippen LogP contribution in [0.15, 0.2) is 0 Å². The molecule has 0 saturated carbocycles. The summed E-state index contributed by atoms with van der Waals surface area (Å²) in [5.41, 5.74) is 0. The summed E-state index contributed by atoms with van der Waals surface area (Å²) in [6, 6.07) is 0. The minimum atomic E-state index is -0.715. The Morgan fingerprint density at radius 1 is 1.29 bits per heavy atom. The predicted octanol–water partition coefficient (Wildman–Crippen LogP) is 3.19. The molecule has 0 aromatic heterocycles. The predicted molar refractivity (Wildman–Crippen MR) is 55.5 cm³/mol. The van der Waals surface area contributed by atoms with E-state index in [9.17, 15) is 10.1 Å². The van der Waals surface area contributed by atoms with E-state index in [2.05, 4.69) is 11.8 Å². The van der Waals surface area contributed by atoms with Crippen LogP contribution in [0.4, 0.5) is 0 Å². The quantitative estimate of drug-likeness (QED) is 0.328. The fourth-order valence-electron chi connectivity index (χ4n) is 1.37. The van der Waals surface area contributed by atoms with Crippen molar-refractivity contribution in [3.63, 3.8) is 0 Å². The Morgan fingerprint density at radius 2 is 1.93 bits per heavy atom. The first-order valence-electron chi connectivity index (χ1n) is 5.44. The second-order valence-electron chi connectivity index (χ2n) is 3.83. The van der Waals surface area contributed by atoms with E-state index < -0.39 is 5.09 Å². The molecule has 0 aliphatic rings. The average molecular weight is 203 g/mol. The first kappa shape index (κ1) is 13.2. The summed E-state index contributed by atoms with van der Waals surface area (Å²) in [4.78, 5) is 14.2. The molecule has 1 unspecified atom stereocenters. The van der Waals surface area contributed by atoms with Crippen LogP contribution in [0.3, 0.4) is 0 Å². The molecule has 0 heterocycles. The van der Waals surface area contributed by atoms with Crippen molar-refractivity contribution in [2.24, 2.45) is 5.92 Å². The second kappa shape index (κ2) is 8.78. The first-order valence-corrected chi connectivity index (χ1v) is 5.44. The zero-order valence-electron chi connectivity index (χ0n) is 9.20. The van der Waals surface area contributed by atoms with Crippen LogP contribution >= 0.6 is 0 Å². The molecule has 0 bridgehead atoms. The smallest absolute Gasteiger partial charge is 0.294 e. The maximum Gasteiger partial charge on any atom is 0.294 e. The summed E-state index contributed by atoms with van der Waals surface area (Å²) in [6.07, 6.45) is 7.23. The van der Waals surface area contributed by atoms with Crippen LogP contribution in [0.2, 0.25) is 0 Å². The van der Waals surface area contributed by atoms with Crippen LogP contribution < -0.4 is 0 Å². The first-order chi connectivity index (χ1) is 6.66. The van der Waals surface area contributed by atoms with Crippen molar-refractivity contribution < 1.29 is 9.92 Å². The topological polar surface area (TPSA) is 52.4 Å². The highest BCUT2D eigenvalue weighted by Crippen LogP contribution is 2.11. The number of rotatable bonds is 9. The lowest BCUT2D eigenvalue weighted by molar-refractivity contribution is -0.759. The van der Waals surface area contributed by atoms with Gasteiger partial charge in [-0.1, -0.05) is 46.0 Å².